The molecule has 0 unspecified atom stereocenters. The quantitative estimate of drug-likeness (QED) is 0.203. The molecule has 5 aromatic rings. The molecule has 0 fully saturated rings. The Labute approximate surface area is 197 Å². The number of aromatic nitrogens is 4. The number of benzene rings is 3. The molecule has 6 heteroatoms. The molecule has 2 aromatic heterocycles. The van der Waals surface area contributed by atoms with E-state index in [-0.39, 0.29) is 0 Å². The largest absolute Gasteiger partial charge is 0.497 e. The number of methoxy groups -OCH3 is 1. The first-order chi connectivity index (χ1) is 16.3. The van der Waals surface area contributed by atoms with E-state index in [1.54, 1.807) is 18.9 Å². The van der Waals surface area contributed by atoms with Crippen molar-refractivity contribution in [2.24, 2.45) is 0 Å². The number of para-hydroxylation sites is 1. The molecule has 0 spiro atoms. The van der Waals surface area contributed by atoms with Crippen LogP contribution < -0.4 is 4.74 Å². The number of thioether (sulfide) groups is 1. The molecule has 0 radical (unpaired) electrons. The van der Waals surface area contributed by atoms with Crippen LogP contribution in [0, 0.1) is 0 Å². The Morgan fingerprint density at radius 3 is 2.42 bits per heavy atom. The van der Waals surface area contributed by atoms with Crippen molar-refractivity contribution in [3.63, 3.8) is 0 Å². The van der Waals surface area contributed by atoms with Gasteiger partial charge >= 0.3 is 0 Å². The summed E-state index contributed by atoms with van der Waals surface area (Å²) in [6.07, 6.45) is 2.30. The van der Waals surface area contributed by atoms with E-state index in [9.17, 15) is 0 Å². The molecule has 0 atom stereocenters. The zero-order valence-electron chi connectivity index (χ0n) is 18.8. The Bertz CT molecular complexity index is 1360. The third-order valence-electron chi connectivity index (χ3n) is 5.67. The van der Waals surface area contributed by atoms with Crippen molar-refractivity contribution in [2.45, 2.75) is 24.9 Å². The fourth-order valence-electron chi connectivity index (χ4n) is 4.01. The molecule has 0 aliphatic heterocycles. The van der Waals surface area contributed by atoms with Gasteiger partial charge in [0.2, 0.25) is 0 Å². The van der Waals surface area contributed by atoms with Crippen LogP contribution in [0.25, 0.3) is 39.2 Å². The highest BCUT2D eigenvalue weighted by Gasteiger charge is 2.23. The molecule has 2 heterocycles. The number of hydrogen-bond acceptors (Lipinski definition) is 4. The molecular weight excluding hydrogens is 428 g/mol. The maximum atomic E-state index is 5.53. The van der Waals surface area contributed by atoms with E-state index in [0.29, 0.717) is 0 Å². The second-order valence-corrected chi connectivity index (χ2v) is 8.89. The topological polar surface area (TPSA) is 55.7 Å². The fraction of sp³-hybridized carbons (Fsp3) is 0.185. The van der Waals surface area contributed by atoms with Crippen molar-refractivity contribution in [1.82, 2.24) is 19.7 Å². The van der Waals surface area contributed by atoms with Gasteiger partial charge in [0, 0.05) is 27.9 Å². The molecule has 33 heavy (non-hydrogen) atoms. The molecule has 166 valence electrons. The van der Waals surface area contributed by atoms with Crippen LogP contribution in [0.15, 0.2) is 84.0 Å². The summed E-state index contributed by atoms with van der Waals surface area (Å²) in [7, 11) is 1.70. The highest BCUT2D eigenvalue weighted by molar-refractivity contribution is 7.99. The number of nitrogens with zero attached hydrogens (tertiary/aromatic N) is 3. The van der Waals surface area contributed by atoms with Gasteiger partial charge in [0.05, 0.1) is 12.8 Å². The number of unbranched alkanes of at least 4 members (excludes halogenated alkanes) is 1. The minimum absolute atomic E-state index is 0.800. The Hall–Kier alpha value is -3.51. The van der Waals surface area contributed by atoms with Crippen molar-refractivity contribution < 1.29 is 4.74 Å². The van der Waals surface area contributed by atoms with Crippen LogP contribution in [0.3, 0.4) is 0 Å². The van der Waals surface area contributed by atoms with Gasteiger partial charge in [0.15, 0.2) is 11.0 Å². The molecule has 5 rings (SSSR count). The number of hydrogen-bond donors (Lipinski definition) is 1. The molecule has 5 nitrogen and oxygen atoms in total. The Balaban J connectivity index is 1.76. The summed E-state index contributed by atoms with van der Waals surface area (Å²) in [5, 5.41) is 11.3. The summed E-state index contributed by atoms with van der Waals surface area (Å²) in [6.45, 7) is 2.21. The van der Waals surface area contributed by atoms with Gasteiger partial charge in [0.1, 0.15) is 5.75 Å². The van der Waals surface area contributed by atoms with Gasteiger partial charge in [-0.2, -0.15) is 0 Å². The first-order valence-electron chi connectivity index (χ1n) is 11.2. The van der Waals surface area contributed by atoms with E-state index in [4.69, 9.17) is 9.84 Å². The van der Waals surface area contributed by atoms with E-state index in [2.05, 4.69) is 70.1 Å². The van der Waals surface area contributed by atoms with Crippen LogP contribution >= 0.6 is 11.8 Å². The van der Waals surface area contributed by atoms with Crippen LogP contribution in [-0.2, 0) is 0 Å². The van der Waals surface area contributed by atoms with Crippen molar-refractivity contribution >= 4 is 22.7 Å². The van der Waals surface area contributed by atoms with Gasteiger partial charge in [-0.25, -0.2) is 0 Å². The predicted molar refractivity (Wildman–Crippen MR) is 136 cm³/mol. The third kappa shape index (κ3) is 4.14. The average Bonchev–Trinajstić information content (AvgIpc) is 3.46. The van der Waals surface area contributed by atoms with Crippen molar-refractivity contribution in [3.05, 3.63) is 78.9 Å². The second-order valence-electron chi connectivity index (χ2n) is 7.83. The van der Waals surface area contributed by atoms with Crippen LogP contribution in [0.1, 0.15) is 19.8 Å². The lowest BCUT2D eigenvalue weighted by Crippen LogP contribution is -2.00. The lowest BCUT2D eigenvalue weighted by atomic mass is 10.0. The zero-order valence-corrected chi connectivity index (χ0v) is 19.6. The molecule has 0 aliphatic rings. The lowest BCUT2D eigenvalue weighted by molar-refractivity contribution is 0.415. The molecule has 0 saturated carbocycles. The predicted octanol–water partition coefficient (Wildman–Crippen LogP) is 6.98. The van der Waals surface area contributed by atoms with Crippen molar-refractivity contribution in [3.8, 4) is 34.1 Å². The van der Waals surface area contributed by atoms with Crippen LogP contribution in [0.4, 0.5) is 0 Å². The Morgan fingerprint density at radius 1 is 0.939 bits per heavy atom. The summed E-state index contributed by atoms with van der Waals surface area (Å²) >= 11 is 1.75. The molecule has 0 bridgehead atoms. The summed E-state index contributed by atoms with van der Waals surface area (Å²) in [5.41, 5.74) is 5.25. The highest BCUT2D eigenvalue weighted by Crippen LogP contribution is 2.40. The summed E-state index contributed by atoms with van der Waals surface area (Å²) in [6, 6.07) is 26.9. The Kier molecular flexibility index (Phi) is 6.17. The minimum Gasteiger partial charge on any atom is -0.497 e. The average molecular weight is 455 g/mol. The molecular formula is C27H26N4OS. The van der Waals surface area contributed by atoms with Crippen molar-refractivity contribution in [2.75, 3.05) is 12.9 Å². The number of nitrogens with one attached hydrogen (secondary N) is 1. The van der Waals surface area contributed by atoms with Crippen LogP contribution in [0.2, 0.25) is 0 Å². The molecule has 0 amide bonds. The van der Waals surface area contributed by atoms with E-state index >= 15 is 0 Å². The highest BCUT2D eigenvalue weighted by atomic mass is 32.2. The van der Waals surface area contributed by atoms with Gasteiger partial charge < -0.3 is 9.72 Å². The summed E-state index contributed by atoms with van der Waals surface area (Å²) in [4.78, 5) is 3.63. The normalized spacial score (nSPS) is 11.2. The minimum atomic E-state index is 0.800. The number of H-pyrrole nitrogens is 1. The van der Waals surface area contributed by atoms with Gasteiger partial charge in [-0.1, -0.05) is 73.6 Å². The monoisotopic (exact) mass is 454 g/mol. The SMILES string of the molecule is CCCCSc1nnc(-c2[nH]c3ccc(OC)cc3c2-c2ccccc2)n1-c1ccccc1. The maximum absolute atomic E-state index is 5.53. The van der Waals surface area contributed by atoms with Gasteiger partial charge in [0.25, 0.3) is 0 Å². The van der Waals surface area contributed by atoms with E-state index in [1.807, 2.05) is 30.3 Å². The van der Waals surface area contributed by atoms with Crippen LogP contribution in [0.5, 0.6) is 5.75 Å². The fourth-order valence-corrected chi connectivity index (χ4v) is 5.05. The summed E-state index contributed by atoms with van der Waals surface area (Å²) in [5.74, 6) is 2.64. The number of rotatable bonds is 8. The first kappa shape index (κ1) is 21.3. The van der Waals surface area contributed by atoms with E-state index in [1.165, 1.54) is 0 Å². The van der Waals surface area contributed by atoms with Gasteiger partial charge in [-0.05, 0) is 42.3 Å². The molecule has 0 aliphatic carbocycles. The zero-order chi connectivity index (χ0) is 22.6. The standard InChI is InChI=1S/C27H26N4OS/c1-3-4-17-33-27-30-29-26(31(27)20-13-9-6-10-14-20)25-24(19-11-7-5-8-12-19)22-18-21(32-2)15-16-23(22)28-25/h5-16,18,28H,3-4,17H2,1-2H3. The number of fused-ring (bicyclic) bond motifs is 1. The Morgan fingerprint density at radius 2 is 1.70 bits per heavy atom. The van der Waals surface area contributed by atoms with Crippen molar-refractivity contribution in [1.29, 1.82) is 0 Å². The van der Waals surface area contributed by atoms with Gasteiger partial charge in [-0.15, -0.1) is 10.2 Å². The third-order valence-corrected chi connectivity index (χ3v) is 6.68. The molecule has 3 aromatic carbocycles. The molecule has 1 N–H and O–H groups in total. The second kappa shape index (κ2) is 9.55. The smallest absolute Gasteiger partial charge is 0.196 e. The first-order valence-corrected chi connectivity index (χ1v) is 12.2. The molecule has 0 saturated heterocycles. The van der Waals surface area contributed by atoms with E-state index < -0.39 is 0 Å². The number of ether oxygens (including phenoxy) is 1. The number of aromatic amines is 1. The lowest BCUT2D eigenvalue weighted by Gasteiger charge is -2.11. The van der Waals surface area contributed by atoms with Gasteiger partial charge in [-0.3, -0.25) is 4.57 Å². The van der Waals surface area contributed by atoms with E-state index in [0.717, 1.165) is 68.7 Å². The summed E-state index contributed by atoms with van der Waals surface area (Å²) < 4.78 is 7.69. The van der Waals surface area contributed by atoms with Crippen LogP contribution in [-0.4, -0.2) is 32.6 Å². The maximum Gasteiger partial charge on any atom is 0.196 e.